The lowest BCUT2D eigenvalue weighted by molar-refractivity contribution is 0.112. The summed E-state index contributed by atoms with van der Waals surface area (Å²) >= 11 is 0. The molecule has 4 N–H and O–H groups in total. The zero-order chi connectivity index (χ0) is 30.8. The van der Waals surface area contributed by atoms with Crippen molar-refractivity contribution in [2.75, 3.05) is 11.1 Å². The number of nitrogens with zero attached hydrogens (tertiary/aromatic N) is 5. The number of rotatable bonds is 8. The molecule has 4 aromatic heterocycles. The largest absolute Gasteiger partial charge is 0.507 e. The molecule has 0 aliphatic rings. The number of anilines is 2. The van der Waals surface area contributed by atoms with E-state index in [0.29, 0.717) is 35.9 Å². The fourth-order valence-corrected chi connectivity index (χ4v) is 5.24. The molecule has 0 saturated heterocycles. The van der Waals surface area contributed by atoms with Crippen LogP contribution in [0.4, 0.5) is 11.6 Å². The maximum atomic E-state index is 11.1. The molecule has 9 heteroatoms. The molecule has 0 spiro atoms. The van der Waals surface area contributed by atoms with Crippen molar-refractivity contribution in [2.45, 2.75) is 6.54 Å². The van der Waals surface area contributed by atoms with Gasteiger partial charge in [-0.25, -0.2) is 19.9 Å². The van der Waals surface area contributed by atoms with Crippen LogP contribution < -0.4 is 11.1 Å². The maximum Gasteiger partial charge on any atom is 0.165 e. The van der Waals surface area contributed by atoms with E-state index in [0.717, 1.165) is 44.7 Å². The van der Waals surface area contributed by atoms with Crippen molar-refractivity contribution < 1.29 is 9.90 Å². The lowest BCUT2D eigenvalue weighted by Crippen LogP contribution is -2.04. The van der Waals surface area contributed by atoms with E-state index < -0.39 is 0 Å². The standard InChI is InChI=1S/C36H27N7O2/c37-34-29(7-4-17-39-34)35-42-31-15-14-30(24-5-2-1-3-6-24)41-36(31)43(35)28-12-8-23(9-13-28)21-40-33-20-26(16-18-38-33)25-10-11-27(22-44)32(45)19-25/h1-20,22,45H,21H2,(H2,37,39)(H,38,40). The lowest BCUT2D eigenvalue weighted by Gasteiger charge is -2.12. The van der Waals surface area contributed by atoms with Gasteiger partial charge in [-0.3, -0.25) is 9.36 Å². The van der Waals surface area contributed by atoms with Crippen LogP contribution in [0.5, 0.6) is 5.75 Å². The number of phenols is 1. The second-order valence-electron chi connectivity index (χ2n) is 10.5. The molecule has 218 valence electrons. The molecular weight excluding hydrogens is 562 g/mol. The Morgan fingerprint density at radius 3 is 2.38 bits per heavy atom. The summed E-state index contributed by atoms with van der Waals surface area (Å²) in [5.74, 6) is 1.68. The van der Waals surface area contributed by atoms with E-state index in [1.807, 2.05) is 95.6 Å². The van der Waals surface area contributed by atoms with Gasteiger partial charge in [-0.1, -0.05) is 48.5 Å². The van der Waals surface area contributed by atoms with Crippen molar-refractivity contribution in [1.82, 2.24) is 24.5 Å². The summed E-state index contributed by atoms with van der Waals surface area (Å²) < 4.78 is 2.02. The van der Waals surface area contributed by atoms with Gasteiger partial charge in [-0.05, 0) is 77.4 Å². The highest BCUT2D eigenvalue weighted by molar-refractivity contribution is 5.85. The van der Waals surface area contributed by atoms with Crippen LogP contribution in [0.1, 0.15) is 15.9 Å². The molecule has 0 radical (unpaired) electrons. The summed E-state index contributed by atoms with van der Waals surface area (Å²) in [5, 5.41) is 13.5. The molecule has 45 heavy (non-hydrogen) atoms. The van der Waals surface area contributed by atoms with Crippen LogP contribution in [0.25, 0.3) is 50.6 Å². The van der Waals surface area contributed by atoms with E-state index in [2.05, 4.69) is 15.3 Å². The van der Waals surface area contributed by atoms with Gasteiger partial charge in [0, 0.05) is 30.2 Å². The fraction of sp³-hybridized carbons (Fsp3) is 0.0278. The summed E-state index contributed by atoms with van der Waals surface area (Å²) in [5.41, 5.74) is 14.2. The number of fused-ring (bicyclic) bond motifs is 1. The first-order valence-corrected chi connectivity index (χ1v) is 14.3. The van der Waals surface area contributed by atoms with Crippen molar-refractivity contribution >= 4 is 29.1 Å². The van der Waals surface area contributed by atoms with Gasteiger partial charge < -0.3 is 16.2 Å². The van der Waals surface area contributed by atoms with Gasteiger partial charge in [0.1, 0.15) is 22.9 Å². The Bertz CT molecular complexity index is 2160. The van der Waals surface area contributed by atoms with Crippen LogP contribution in [0.2, 0.25) is 0 Å². The molecule has 0 saturated carbocycles. The molecule has 0 atom stereocenters. The normalized spacial score (nSPS) is 11.0. The summed E-state index contributed by atoms with van der Waals surface area (Å²) in [4.78, 5) is 29.8. The van der Waals surface area contributed by atoms with Gasteiger partial charge in [0.05, 0.1) is 16.8 Å². The molecule has 0 amide bonds. The van der Waals surface area contributed by atoms with Crippen molar-refractivity contribution in [2.24, 2.45) is 0 Å². The molecule has 7 aromatic rings. The monoisotopic (exact) mass is 589 g/mol. The van der Waals surface area contributed by atoms with Crippen molar-refractivity contribution in [3.63, 3.8) is 0 Å². The predicted molar refractivity (Wildman–Crippen MR) is 176 cm³/mol. The SMILES string of the molecule is Nc1ncccc1-c1nc2ccc(-c3ccccc3)nc2n1-c1ccc(CNc2cc(-c3ccc(C=O)c(O)c3)ccn2)cc1. The molecule has 0 aliphatic carbocycles. The fourth-order valence-electron chi connectivity index (χ4n) is 5.24. The second kappa shape index (κ2) is 11.7. The number of hydrogen-bond donors (Lipinski definition) is 3. The number of aldehydes is 1. The quantitative estimate of drug-likeness (QED) is 0.163. The number of carbonyl (C=O) groups excluding carboxylic acids is 1. The zero-order valence-electron chi connectivity index (χ0n) is 24.0. The van der Waals surface area contributed by atoms with Crippen LogP contribution in [0.3, 0.4) is 0 Å². The van der Waals surface area contributed by atoms with Gasteiger partial charge in [-0.2, -0.15) is 0 Å². The third kappa shape index (κ3) is 5.46. The number of phenolic OH excluding ortho intramolecular Hbond substituents is 1. The van der Waals surface area contributed by atoms with Gasteiger partial charge in [-0.15, -0.1) is 0 Å². The minimum atomic E-state index is -0.0551. The highest BCUT2D eigenvalue weighted by atomic mass is 16.3. The van der Waals surface area contributed by atoms with Crippen molar-refractivity contribution in [1.29, 1.82) is 0 Å². The number of carbonyl (C=O) groups is 1. The van der Waals surface area contributed by atoms with Crippen LogP contribution >= 0.6 is 0 Å². The van der Waals surface area contributed by atoms with Crippen molar-refractivity contribution in [3.05, 3.63) is 133 Å². The minimum Gasteiger partial charge on any atom is -0.507 e. The summed E-state index contributed by atoms with van der Waals surface area (Å²) in [6.45, 7) is 0.537. The third-order valence-electron chi connectivity index (χ3n) is 7.57. The van der Waals surface area contributed by atoms with Gasteiger partial charge >= 0.3 is 0 Å². The van der Waals surface area contributed by atoms with Gasteiger partial charge in [0.25, 0.3) is 0 Å². The third-order valence-corrected chi connectivity index (χ3v) is 7.57. The zero-order valence-corrected chi connectivity index (χ0v) is 24.0. The Balaban J connectivity index is 1.19. The number of nitrogens with two attached hydrogens (primary N) is 1. The summed E-state index contributed by atoms with van der Waals surface area (Å²) in [7, 11) is 0. The van der Waals surface area contributed by atoms with E-state index in [1.54, 1.807) is 30.6 Å². The average molecular weight is 590 g/mol. The molecule has 4 heterocycles. The number of benzene rings is 3. The number of nitrogens with one attached hydrogen (secondary N) is 1. The van der Waals surface area contributed by atoms with E-state index in [1.165, 1.54) is 0 Å². The van der Waals surface area contributed by atoms with Gasteiger partial charge in [0.2, 0.25) is 0 Å². The molecule has 7 rings (SSSR count). The first kappa shape index (κ1) is 27.5. The molecule has 0 unspecified atom stereocenters. The molecule has 0 aliphatic heterocycles. The Morgan fingerprint density at radius 2 is 1.60 bits per heavy atom. The average Bonchev–Trinajstić information content (AvgIpc) is 3.47. The van der Waals surface area contributed by atoms with E-state index in [4.69, 9.17) is 15.7 Å². The molecule has 0 bridgehead atoms. The smallest absolute Gasteiger partial charge is 0.165 e. The first-order chi connectivity index (χ1) is 22.1. The minimum absolute atomic E-state index is 0.0551. The van der Waals surface area contributed by atoms with Crippen LogP contribution in [0.15, 0.2) is 122 Å². The Hall–Kier alpha value is -6.35. The first-order valence-electron chi connectivity index (χ1n) is 14.3. The number of imidazole rings is 1. The number of aromatic nitrogens is 5. The maximum absolute atomic E-state index is 11.1. The van der Waals surface area contributed by atoms with E-state index in [9.17, 15) is 9.90 Å². The molecule has 0 fully saturated rings. The lowest BCUT2D eigenvalue weighted by atomic mass is 10.0. The van der Waals surface area contributed by atoms with Crippen LogP contribution in [-0.4, -0.2) is 35.9 Å². The number of nitrogen functional groups attached to an aromatic ring is 1. The highest BCUT2D eigenvalue weighted by Crippen LogP contribution is 2.32. The Kier molecular flexibility index (Phi) is 7.17. The molecule has 9 nitrogen and oxygen atoms in total. The van der Waals surface area contributed by atoms with Crippen LogP contribution in [0, 0.1) is 0 Å². The van der Waals surface area contributed by atoms with Gasteiger partial charge in [0.15, 0.2) is 17.8 Å². The Morgan fingerprint density at radius 1 is 0.778 bits per heavy atom. The number of pyridine rings is 3. The van der Waals surface area contributed by atoms with Crippen LogP contribution in [-0.2, 0) is 6.54 Å². The van der Waals surface area contributed by atoms with E-state index >= 15 is 0 Å². The molecule has 3 aromatic carbocycles. The van der Waals surface area contributed by atoms with E-state index in [-0.39, 0.29) is 11.3 Å². The number of hydrogen-bond acceptors (Lipinski definition) is 8. The predicted octanol–water partition coefficient (Wildman–Crippen LogP) is 6.92. The molecular formula is C36H27N7O2. The number of aromatic hydroxyl groups is 1. The summed E-state index contributed by atoms with van der Waals surface area (Å²) in [6.07, 6.45) is 4.00. The van der Waals surface area contributed by atoms with Crippen molar-refractivity contribution in [3.8, 4) is 45.2 Å². The second-order valence-corrected chi connectivity index (χ2v) is 10.5. The summed E-state index contributed by atoms with van der Waals surface area (Å²) in [6, 6.07) is 34.7. The Labute approximate surface area is 258 Å². The highest BCUT2D eigenvalue weighted by Gasteiger charge is 2.19. The topological polar surface area (TPSA) is 132 Å².